The summed E-state index contributed by atoms with van der Waals surface area (Å²) >= 11 is 1.07. The minimum absolute atomic E-state index is 0.0717. The molecule has 1 heterocycles. The maximum Gasteiger partial charge on any atom is 0.416 e. The average Bonchev–Trinajstić information content (AvgIpc) is 3.33. The molecule has 0 atom stereocenters. The van der Waals surface area contributed by atoms with E-state index >= 15 is 0 Å². The third kappa shape index (κ3) is 8.38. The first kappa shape index (κ1) is 28.3. The number of amides is 2. The lowest BCUT2D eigenvalue weighted by Crippen LogP contribution is -2.36. The average molecular weight is 533 g/mol. The molecule has 37 heavy (non-hydrogen) atoms. The molecule has 2 aromatic carbocycles. The van der Waals surface area contributed by atoms with Crippen LogP contribution >= 0.6 is 11.3 Å². The lowest BCUT2D eigenvalue weighted by Gasteiger charge is -2.24. The summed E-state index contributed by atoms with van der Waals surface area (Å²) in [6, 6.07) is 12.2. The predicted molar refractivity (Wildman–Crippen MR) is 139 cm³/mol. The van der Waals surface area contributed by atoms with Crippen molar-refractivity contribution in [3.05, 3.63) is 65.2 Å². The molecular formula is C27H31F3N4O2S. The second-order valence-corrected chi connectivity index (χ2v) is 10.2. The Balaban J connectivity index is 1.59. The number of hydrogen-bond donors (Lipinski definition) is 1. The molecule has 0 spiro atoms. The third-order valence-electron chi connectivity index (χ3n) is 5.63. The summed E-state index contributed by atoms with van der Waals surface area (Å²) in [6.07, 6.45) is -1.16. The quantitative estimate of drug-likeness (QED) is 0.298. The standard InChI is InChI=1S/C27H31F3N4O2S/c1-4-5-6-19-7-9-21(10-8-19)25(36)34(17-18(2)3)16-15-23(35)31-26-33-32-24(37-26)20-11-13-22(14-12-20)27(28,29)30/h7-14,18H,4-6,15-17H2,1-3H3,(H,31,33,35). The summed E-state index contributed by atoms with van der Waals surface area (Å²) in [5.74, 6) is -0.221. The Hall–Kier alpha value is -3.27. The Morgan fingerprint density at radius 1 is 1.03 bits per heavy atom. The van der Waals surface area contributed by atoms with Gasteiger partial charge in [-0.15, -0.1) is 10.2 Å². The van der Waals surface area contributed by atoms with E-state index in [2.05, 4.69) is 22.4 Å². The fourth-order valence-corrected chi connectivity index (χ4v) is 4.47. The summed E-state index contributed by atoms with van der Waals surface area (Å²) in [7, 11) is 0. The van der Waals surface area contributed by atoms with Crippen molar-refractivity contribution in [2.75, 3.05) is 18.4 Å². The number of nitrogens with zero attached hydrogens (tertiary/aromatic N) is 3. The van der Waals surface area contributed by atoms with Crippen molar-refractivity contribution in [3.63, 3.8) is 0 Å². The van der Waals surface area contributed by atoms with Crippen LogP contribution in [0.4, 0.5) is 18.3 Å². The van der Waals surface area contributed by atoms with Crippen LogP contribution in [-0.4, -0.2) is 40.0 Å². The van der Waals surface area contributed by atoms with Crippen molar-refractivity contribution in [3.8, 4) is 10.6 Å². The van der Waals surface area contributed by atoms with Crippen LogP contribution in [0.5, 0.6) is 0 Å². The number of halogens is 3. The Labute approximate surface area is 218 Å². The molecule has 1 aromatic heterocycles. The third-order valence-corrected chi connectivity index (χ3v) is 6.52. The van der Waals surface area contributed by atoms with Gasteiger partial charge in [0.2, 0.25) is 11.0 Å². The number of nitrogens with one attached hydrogen (secondary N) is 1. The Bertz CT molecular complexity index is 1180. The number of aromatic nitrogens is 2. The maximum atomic E-state index is 13.1. The van der Waals surface area contributed by atoms with Crippen molar-refractivity contribution in [1.82, 2.24) is 15.1 Å². The van der Waals surface area contributed by atoms with Crippen LogP contribution in [0.3, 0.4) is 0 Å². The molecule has 0 saturated carbocycles. The van der Waals surface area contributed by atoms with Gasteiger partial charge in [-0.1, -0.05) is 62.8 Å². The molecule has 198 valence electrons. The second kappa shape index (κ2) is 12.8. The van der Waals surface area contributed by atoms with E-state index in [1.807, 2.05) is 38.1 Å². The molecule has 0 aliphatic heterocycles. The van der Waals surface area contributed by atoms with Gasteiger partial charge in [0.25, 0.3) is 5.91 Å². The lowest BCUT2D eigenvalue weighted by atomic mass is 10.1. The molecule has 3 aromatic rings. The largest absolute Gasteiger partial charge is 0.416 e. The first-order chi connectivity index (χ1) is 17.6. The van der Waals surface area contributed by atoms with Gasteiger partial charge in [0.1, 0.15) is 5.01 Å². The Morgan fingerprint density at radius 3 is 2.30 bits per heavy atom. The number of unbranched alkanes of at least 4 members (excludes halogenated alkanes) is 1. The van der Waals surface area contributed by atoms with Crippen LogP contribution in [0.1, 0.15) is 61.5 Å². The maximum absolute atomic E-state index is 13.1. The monoisotopic (exact) mass is 532 g/mol. The molecular weight excluding hydrogens is 501 g/mol. The number of rotatable bonds is 11. The van der Waals surface area contributed by atoms with Crippen molar-refractivity contribution in [2.45, 2.75) is 52.6 Å². The van der Waals surface area contributed by atoms with Gasteiger partial charge in [0, 0.05) is 30.6 Å². The van der Waals surface area contributed by atoms with Gasteiger partial charge in [-0.3, -0.25) is 9.59 Å². The normalized spacial score (nSPS) is 11.5. The second-order valence-electron chi connectivity index (χ2n) is 9.23. The highest BCUT2D eigenvalue weighted by Gasteiger charge is 2.30. The Kier molecular flexibility index (Phi) is 9.79. The lowest BCUT2D eigenvalue weighted by molar-refractivity contribution is -0.137. The smallest absolute Gasteiger partial charge is 0.338 e. The molecule has 0 unspecified atom stereocenters. The molecule has 0 radical (unpaired) electrons. The highest BCUT2D eigenvalue weighted by Crippen LogP contribution is 2.32. The van der Waals surface area contributed by atoms with Crippen molar-refractivity contribution in [1.29, 1.82) is 0 Å². The number of benzene rings is 2. The molecule has 6 nitrogen and oxygen atoms in total. The zero-order valence-electron chi connectivity index (χ0n) is 21.1. The zero-order chi connectivity index (χ0) is 27.0. The van der Waals surface area contributed by atoms with E-state index < -0.39 is 11.7 Å². The molecule has 0 aliphatic carbocycles. The molecule has 0 fully saturated rings. The van der Waals surface area contributed by atoms with Gasteiger partial charge in [-0.25, -0.2) is 0 Å². The zero-order valence-corrected chi connectivity index (χ0v) is 22.0. The van der Waals surface area contributed by atoms with Crippen LogP contribution in [0.25, 0.3) is 10.6 Å². The summed E-state index contributed by atoms with van der Waals surface area (Å²) in [5.41, 5.74) is 1.51. The summed E-state index contributed by atoms with van der Waals surface area (Å²) < 4.78 is 38.3. The highest BCUT2D eigenvalue weighted by molar-refractivity contribution is 7.18. The first-order valence-electron chi connectivity index (χ1n) is 12.3. The number of carbonyl (C=O) groups excluding carboxylic acids is 2. The number of carbonyl (C=O) groups is 2. The number of aryl methyl sites for hydroxylation is 1. The van der Waals surface area contributed by atoms with E-state index in [9.17, 15) is 22.8 Å². The van der Waals surface area contributed by atoms with Crippen LogP contribution in [0, 0.1) is 5.92 Å². The van der Waals surface area contributed by atoms with E-state index in [-0.39, 0.29) is 35.8 Å². The molecule has 1 N–H and O–H groups in total. The van der Waals surface area contributed by atoms with Crippen molar-refractivity contribution in [2.24, 2.45) is 5.92 Å². The van der Waals surface area contributed by atoms with E-state index in [1.54, 1.807) is 4.90 Å². The highest BCUT2D eigenvalue weighted by atomic mass is 32.1. The minimum Gasteiger partial charge on any atom is -0.338 e. The van der Waals surface area contributed by atoms with E-state index in [1.165, 1.54) is 17.7 Å². The summed E-state index contributed by atoms with van der Waals surface area (Å²) in [4.78, 5) is 27.4. The Morgan fingerprint density at radius 2 is 1.70 bits per heavy atom. The summed E-state index contributed by atoms with van der Waals surface area (Å²) in [6.45, 7) is 6.92. The van der Waals surface area contributed by atoms with Gasteiger partial charge in [0.15, 0.2) is 0 Å². The molecule has 2 amide bonds. The minimum atomic E-state index is -4.41. The van der Waals surface area contributed by atoms with Crippen molar-refractivity contribution < 1.29 is 22.8 Å². The molecule has 0 bridgehead atoms. The van der Waals surface area contributed by atoms with Crippen LogP contribution in [-0.2, 0) is 17.4 Å². The SMILES string of the molecule is CCCCc1ccc(C(=O)N(CCC(=O)Nc2nnc(-c3ccc(C(F)(F)F)cc3)s2)CC(C)C)cc1. The van der Waals surface area contributed by atoms with Crippen molar-refractivity contribution >= 4 is 28.3 Å². The fourth-order valence-electron chi connectivity index (χ4n) is 3.70. The van der Waals surface area contributed by atoms with Gasteiger partial charge >= 0.3 is 6.18 Å². The molecule has 3 rings (SSSR count). The summed E-state index contributed by atoms with van der Waals surface area (Å²) in [5, 5.41) is 11.2. The van der Waals surface area contributed by atoms with E-state index in [0.717, 1.165) is 42.7 Å². The van der Waals surface area contributed by atoms with Crippen LogP contribution < -0.4 is 5.32 Å². The fraction of sp³-hybridized carbons (Fsp3) is 0.407. The molecule has 10 heteroatoms. The number of hydrogen-bond acceptors (Lipinski definition) is 5. The van der Waals surface area contributed by atoms with Gasteiger partial charge in [-0.05, 0) is 48.6 Å². The molecule has 0 aliphatic rings. The van der Waals surface area contributed by atoms with Crippen LogP contribution in [0.15, 0.2) is 48.5 Å². The first-order valence-corrected chi connectivity index (χ1v) is 13.1. The van der Waals surface area contributed by atoms with E-state index in [0.29, 0.717) is 22.7 Å². The topological polar surface area (TPSA) is 75.2 Å². The molecule has 0 saturated heterocycles. The van der Waals surface area contributed by atoms with Crippen LogP contribution in [0.2, 0.25) is 0 Å². The van der Waals surface area contributed by atoms with Gasteiger partial charge < -0.3 is 10.2 Å². The van der Waals surface area contributed by atoms with Gasteiger partial charge in [0.05, 0.1) is 5.56 Å². The predicted octanol–water partition coefficient (Wildman–Crippen LogP) is 6.69. The number of alkyl halides is 3. The number of anilines is 1. The van der Waals surface area contributed by atoms with E-state index in [4.69, 9.17) is 0 Å². The van der Waals surface area contributed by atoms with Gasteiger partial charge in [-0.2, -0.15) is 13.2 Å².